The van der Waals surface area contributed by atoms with E-state index in [0.29, 0.717) is 28.6 Å². The van der Waals surface area contributed by atoms with Gasteiger partial charge in [0, 0.05) is 5.69 Å². The Kier molecular flexibility index (Phi) is 6.50. The Hall–Kier alpha value is -3.93. The van der Waals surface area contributed by atoms with Crippen molar-refractivity contribution >= 4 is 28.8 Å². The molecule has 0 unspecified atom stereocenters. The summed E-state index contributed by atoms with van der Waals surface area (Å²) in [5, 5.41) is 3.16. The number of benzene rings is 3. The molecule has 0 aliphatic carbocycles. The van der Waals surface area contributed by atoms with Crippen LogP contribution in [0.1, 0.15) is 44.7 Å². The van der Waals surface area contributed by atoms with Crippen LogP contribution in [0.4, 0.5) is 15.8 Å². The Balaban J connectivity index is 1.75. The van der Waals surface area contributed by atoms with E-state index in [2.05, 4.69) is 19.2 Å². The van der Waals surface area contributed by atoms with Crippen molar-refractivity contribution in [1.29, 1.82) is 0 Å². The summed E-state index contributed by atoms with van der Waals surface area (Å²) in [5.41, 5.74) is 3.17. The van der Waals surface area contributed by atoms with Gasteiger partial charge in [-0.25, -0.2) is 9.29 Å². The van der Waals surface area contributed by atoms with Gasteiger partial charge in [0.25, 0.3) is 11.8 Å². The third-order valence-corrected chi connectivity index (χ3v) is 5.53. The van der Waals surface area contributed by atoms with E-state index in [9.17, 15) is 14.0 Å². The van der Waals surface area contributed by atoms with Crippen LogP contribution in [0.15, 0.2) is 78.5 Å². The molecule has 1 aliphatic rings. The zero-order valence-electron chi connectivity index (χ0n) is 19.6. The first kappa shape index (κ1) is 23.2. The molecule has 2 amide bonds. The lowest BCUT2D eigenvalue weighted by Gasteiger charge is -2.15. The molecule has 0 bridgehead atoms. The summed E-state index contributed by atoms with van der Waals surface area (Å²) in [7, 11) is 0. The van der Waals surface area contributed by atoms with Gasteiger partial charge < -0.3 is 10.1 Å². The molecule has 1 aliphatic heterocycles. The van der Waals surface area contributed by atoms with Crippen LogP contribution in [-0.4, -0.2) is 17.9 Å². The fourth-order valence-corrected chi connectivity index (χ4v) is 3.81. The second kappa shape index (κ2) is 9.51. The number of nitrogens with zero attached hydrogens (tertiary/aromatic N) is 1. The first-order chi connectivity index (χ1) is 16.2. The summed E-state index contributed by atoms with van der Waals surface area (Å²) in [6.07, 6.45) is 0.0137. The van der Waals surface area contributed by atoms with Gasteiger partial charge in [-0.3, -0.25) is 9.59 Å². The van der Waals surface area contributed by atoms with Crippen molar-refractivity contribution in [2.45, 2.75) is 39.7 Å². The highest BCUT2D eigenvalue weighted by Crippen LogP contribution is 2.34. The van der Waals surface area contributed by atoms with Crippen LogP contribution >= 0.6 is 0 Å². The molecule has 0 radical (unpaired) electrons. The molecule has 174 valence electrons. The Labute approximate surface area is 198 Å². The second-order valence-electron chi connectivity index (χ2n) is 8.76. The molecule has 0 aromatic heterocycles. The first-order valence-corrected chi connectivity index (χ1v) is 11.3. The van der Waals surface area contributed by atoms with Crippen molar-refractivity contribution in [1.82, 2.24) is 0 Å². The maximum Gasteiger partial charge on any atom is 0.282 e. The largest absolute Gasteiger partial charge is 0.491 e. The molecule has 0 saturated heterocycles. The Morgan fingerprint density at radius 2 is 1.41 bits per heavy atom. The number of carbonyl (C=O) groups is 2. The number of imide groups is 1. The van der Waals surface area contributed by atoms with E-state index in [4.69, 9.17) is 4.74 Å². The van der Waals surface area contributed by atoms with E-state index in [0.717, 1.165) is 4.90 Å². The summed E-state index contributed by atoms with van der Waals surface area (Å²) in [4.78, 5) is 28.0. The van der Waals surface area contributed by atoms with E-state index < -0.39 is 17.6 Å². The molecule has 1 heterocycles. The van der Waals surface area contributed by atoms with Crippen LogP contribution < -0.4 is 15.0 Å². The summed E-state index contributed by atoms with van der Waals surface area (Å²) in [6, 6.07) is 20.1. The van der Waals surface area contributed by atoms with Crippen molar-refractivity contribution in [2.75, 3.05) is 10.2 Å². The number of carbonyl (C=O) groups excluding carboxylic acids is 2. The molecule has 0 fully saturated rings. The van der Waals surface area contributed by atoms with Crippen LogP contribution in [0.2, 0.25) is 0 Å². The fraction of sp³-hybridized carbons (Fsp3) is 0.214. The highest BCUT2D eigenvalue weighted by Gasteiger charge is 2.40. The van der Waals surface area contributed by atoms with E-state index in [-0.39, 0.29) is 17.4 Å². The van der Waals surface area contributed by atoms with Crippen LogP contribution in [0, 0.1) is 5.82 Å². The van der Waals surface area contributed by atoms with Gasteiger partial charge >= 0.3 is 0 Å². The second-order valence-corrected chi connectivity index (χ2v) is 8.76. The zero-order valence-corrected chi connectivity index (χ0v) is 19.6. The van der Waals surface area contributed by atoms with Crippen molar-refractivity contribution in [3.05, 3.63) is 95.4 Å². The van der Waals surface area contributed by atoms with Crippen LogP contribution in [0.5, 0.6) is 5.75 Å². The smallest absolute Gasteiger partial charge is 0.282 e. The van der Waals surface area contributed by atoms with Crippen LogP contribution in [0.25, 0.3) is 5.57 Å². The fourth-order valence-electron chi connectivity index (χ4n) is 3.81. The average molecular weight is 459 g/mol. The van der Waals surface area contributed by atoms with Gasteiger partial charge in [0.1, 0.15) is 17.3 Å². The van der Waals surface area contributed by atoms with Gasteiger partial charge in [-0.15, -0.1) is 0 Å². The predicted octanol–water partition coefficient (Wildman–Crippen LogP) is 6.13. The minimum Gasteiger partial charge on any atom is -0.491 e. The van der Waals surface area contributed by atoms with Crippen molar-refractivity contribution in [3.8, 4) is 5.75 Å². The number of halogens is 1. The van der Waals surface area contributed by atoms with Crippen LogP contribution in [-0.2, 0) is 9.59 Å². The van der Waals surface area contributed by atoms with Gasteiger partial charge in [-0.2, -0.15) is 0 Å². The van der Waals surface area contributed by atoms with E-state index in [1.807, 2.05) is 38.1 Å². The lowest BCUT2D eigenvalue weighted by atomic mass is 10.0. The summed E-state index contributed by atoms with van der Waals surface area (Å²) in [5.74, 6) is -0.373. The molecular formula is C28H27FN2O3. The average Bonchev–Trinajstić information content (AvgIpc) is 3.04. The molecule has 4 rings (SSSR count). The van der Waals surface area contributed by atoms with E-state index in [1.54, 1.807) is 24.3 Å². The third kappa shape index (κ3) is 4.71. The molecule has 3 aromatic rings. The van der Waals surface area contributed by atoms with Crippen molar-refractivity contribution in [2.24, 2.45) is 0 Å². The van der Waals surface area contributed by atoms with Gasteiger partial charge in [-0.1, -0.05) is 38.1 Å². The topological polar surface area (TPSA) is 58.6 Å². The zero-order chi connectivity index (χ0) is 24.4. The predicted molar refractivity (Wildman–Crippen MR) is 132 cm³/mol. The molecule has 0 spiro atoms. The van der Waals surface area contributed by atoms with Gasteiger partial charge in [-0.05, 0) is 79.4 Å². The molecule has 34 heavy (non-hydrogen) atoms. The van der Waals surface area contributed by atoms with Gasteiger partial charge in [0.05, 0.1) is 17.4 Å². The van der Waals surface area contributed by atoms with E-state index in [1.165, 1.54) is 29.8 Å². The number of rotatable bonds is 7. The number of hydrogen-bond acceptors (Lipinski definition) is 4. The SMILES string of the molecule is CC(C)Oc1ccc(C2=C(Nc3ccc(C(C)C)cc3)C(=O)N(c3ccc(F)cc3)C2=O)cc1. The lowest BCUT2D eigenvalue weighted by Crippen LogP contribution is -2.32. The highest BCUT2D eigenvalue weighted by molar-refractivity contribution is 6.46. The Morgan fingerprint density at radius 1 is 0.794 bits per heavy atom. The number of amides is 2. The normalized spacial score (nSPS) is 13.9. The molecule has 1 N–H and O–H groups in total. The Morgan fingerprint density at radius 3 is 1.97 bits per heavy atom. The molecule has 0 atom stereocenters. The first-order valence-electron chi connectivity index (χ1n) is 11.3. The quantitative estimate of drug-likeness (QED) is 0.433. The number of ether oxygens (including phenoxy) is 1. The number of anilines is 2. The number of hydrogen-bond donors (Lipinski definition) is 1. The maximum absolute atomic E-state index is 13.5. The van der Waals surface area contributed by atoms with Gasteiger partial charge in [0.2, 0.25) is 0 Å². The monoisotopic (exact) mass is 458 g/mol. The van der Waals surface area contributed by atoms with Crippen molar-refractivity contribution < 1.29 is 18.7 Å². The maximum atomic E-state index is 13.5. The van der Waals surface area contributed by atoms with Crippen molar-refractivity contribution in [3.63, 3.8) is 0 Å². The summed E-state index contributed by atoms with van der Waals surface area (Å²) >= 11 is 0. The lowest BCUT2D eigenvalue weighted by molar-refractivity contribution is -0.120. The minimum absolute atomic E-state index is 0.0137. The number of nitrogens with one attached hydrogen (secondary N) is 1. The van der Waals surface area contributed by atoms with Gasteiger partial charge in [0.15, 0.2) is 0 Å². The van der Waals surface area contributed by atoms with Crippen LogP contribution in [0.3, 0.4) is 0 Å². The summed E-state index contributed by atoms with van der Waals surface area (Å²) in [6.45, 7) is 8.08. The highest BCUT2D eigenvalue weighted by atomic mass is 19.1. The molecule has 6 heteroatoms. The minimum atomic E-state index is -0.498. The molecule has 3 aromatic carbocycles. The van der Waals surface area contributed by atoms with E-state index >= 15 is 0 Å². The Bertz CT molecular complexity index is 1230. The molecule has 0 saturated carbocycles. The molecule has 5 nitrogen and oxygen atoms in total. The molecular weight excluding hydrogens is 431 g/mol. The standard InChI is InChI=1S/C28H27FN2O3/c1-17(2)19-5-11-22(12-6-19)30-26-25(20-7-15-24(16-8-20)34-18(3)4)27(32)31(28(26)33)23-13-9-21(29)10-14-23/h5-18,30H,1-4H3. The summed E-state index contributed by atoms with van der Waals surface area (Å²) < 4.78 is 19.2. The third-order valence-electron chi connectivity index (χ3n) is 5.53.